The molecule has 0 saturated heterocycles. The number of aliphatic imine (C=N–C) groups is 1. The predicted molar refractivity (Wildman–Crippen MR) is 88.0 cm³/mol. The van der Waals surface area contributed by atoms with E-state index in [1.165, 1.54) is 0 Å². The van der Waals surface area contributed by atoms with Crippen molar-refractivity contribution in [2.45, 2.75) is 19.8 Å². The smallest absolute Gasteiger partial charge is 0.230 e. The van der Waals surface area contributed by atoms with E-state index in [4.69, 9.17) is 26.8 Å². The van der Waals surface area contributed by atoms with Gasteiger partial charge in [0.15, 0.2) is 22.5 Å². The first-order valence-corrected chi connectivity index (χ1v) is 7.75. The number of hydrogen-bond acceptors (Lipinski definition) is 5. The van der Waals surface area contributed by atoms with Crippen molar-refractivity contribution in [3.8, 4) is 0 Å². The Bertz CT molecular complexity index is 748. The van der Waals surface area contributed by atoms with Gasteiger partial charge in [0.25, 0.3) is 0 Å². The highest BCUT2D eigenvalue weighted by molar-refractivity contribution is 6.70. The van der Waals surface area contributed by atoms with E-state index in [0.717, 1.165) is 11.1 Å². The van der Waals surface area contributed by atoms with Crippen LogP contribution in [0.5, 0.6) is 0 Å². The number of ether oxygens (including phenoxy) is 2. The summed E-state index contributed by atoms with van der Waals surface area (Å²) in [7, 11) is 0. The Kier molecular flexibility index (Phi) is 4.13. The molecule has 0 spiro atoms. The minimum Gasteiger partial charge on any atom is -0.492 e. The molecule has 1 unspecified atom stereocenters. The second-order valence-corrected chi connectivity index (χ2v) is 5.74. The molecule has 0 radical (unpaired) electrons. The molecule has 5 nitrogen and oxygen atoms in total. The molecule has 0 fully saturated rings. The lowest BCUT2D eigenvalue weighted by molar-refractivity contribution is -0.115. The van der Waals surface area contributed by atoms with Crippen molar-refractivity contribution in [1.29, 1.82) is 0 Å². The molecule has 2 N–H and O–H groups in total. The molecule has 2 aliphatic heterocycles. The van der Waals surface area contributed by atoms with Crippen molar-refractivity contribution in [2.24, 2.45) is 10.7 Å². The first kappa shape index (κ1) is 15.6. The SMILES string of the molecule is CCOC1=C(N)OC2=C(C(=O)CN=C2Cl)C1c1ccc(C)cc1. The molecule has 0 bridgehead atoms. The molecule has 0 aromatic heterocycles. The molecule has 0 amide bonds. The monoisotopic (exact) mass is 332 g/mol. The van der Waals surface area contributed by atoms with Crippen LogP contribution in [0.1, 0.15) is 24.0 Å². The summed E-state index contributed by atoms with van der Waals surface area (Å²) >= 11 is 6.12. The van der Waals surface area contributed by atoms with Gasteiger partial charge in [0.05, 0.1) is 18.1 Å². The first-order valence-electron chi connectivity index (χ1n) is 7.37. The molecular weight excluding hydrogens is 316 g/mol. The predicted octanol–water partition coefficient (Wildman–Crippen LogP) is 2.75. The summed E-state index contributed by atoms with van der Waals surface area (Å²) < 4.78 is 11.2. The van der Waals surface area contributed by atoms with Crippen LogP contribution in [0.25, 0.3) is 0 Å². The van der Waals surface area contributed by atoms with Gasteiger partial charge in [0.1, 0.15) is 6.54 Å². The van der Waals surface area contributed by atoms with Gasteiger partial charge >= 0.3 is 0 Å². The van der Waals surface area contributed by atoms with E-state index in [1.54, 1.807) is 0 Å². The van der Waals surface area contributed by atoms with Crippen LogP contribution >= 0.6 is 11.6 Å². The molecule has 120 valence electrons. The Morgan fingerprint density at radius 2 is 2.09 bits per heavy atom. The zero-order valence-corrected chi connectivity index (χ0v) is 13.7. The normalized spacial score (nSPS) is 20.9. The van der Waals surface area contributed by atoms with Crippen LogP contribution in [0.4, 0.5) is 0 Å². The Morgan fingerprint density at radius 3 is 2.74 bits per heavy atom. The highest BCUT2D eigenvalue weighted by atomic mass is 35.5. The zero-order chi connectivity index (χ0) is 16.6. The average molecular weight is 333 g/mol. The summed E-state index contributed by atoms with van der Waals surface area (Å²) in [5.41, 5.74) is 8.49. The Morgan fingerprint density at radius 1 is 1.39 bits per heavy atom. The summed E-state index contributed by atoms with van der Waals surface area (Å²) in [6.45, 7) is 4.28. The van der Waals surface area contributed by atoms with Crippen molar-refractivity contribution < 1.29 is 14.3 Å². The zero-order valence-electron chi connectivity index (χ0n) is 12.9. The van der Waals surface area contributed by atoms with Gasteiger partial charge in [-0.3, -0.25) is 9.79 Å². The van der Waals surface area contributed by atoms with Gasteiger partial charge in [-0.2, -0.15) is 0 Å². The number of dihydropyridines is 1. The van der Waals surface area contributed by atoms with Crippen LogP contribution in [0.2, 0.25) is 0 Å². The maximum atomic E-state index is 12.5. The Hall–Kier alpha value is -2.27. The van der Waals surface area contributed by atoms with E-state index in [9.17, 15) is 4.79 Å². The molecular formula is C17H17ClN2O3. The molecule has 23 heavy (non-hydrogen) atoms. The lowest BCUT2D eigenvalue weighted by Crippen LogP contribution is -2.31. The number of ketones is 1. The lowest BCUT2D eigenvalue weighted by Gasteiger charge is -2.31. The first-order chi connectivity index (χ1) is 11.0. The van der Waals surface area contributed by atoms with E-state index in [0.29, 0.717) is 17.9 Å². The number of rotatable bonds is 3. The number of allylic oxidation sites excluding steroid dienone is 2. The number of aryl methyl sites for hydroxylation is 1. The highest BCUT2D eigenvalue weighted by Gasteiger charge is 2.40. The van der Waals surface area contributed by atoms with Crippen molar-refractivity contribution in [3.63, 3.8) is 0 Å². The van der Waals surface area contributed by atoms with Gasteiger partial charge in [-0.15, -0.1) is 0 Å². The van der Waals surface area contributed by atoms with Gasteiger partial charge in [-0.05, 0) is 19.4 Å². The van der Waals surface area contributed by atoms with Gasteiger partial charge in [0, 0.05) is 0 Å². The topological polar surface area (TPSA) is 73.9 Å². The molecule has 1 aromatic rings. The number of halogens is 1. The maximum absolute atomic E-state index is 12.5. The van der Waals surface area contributed by atoms with E-state index >= 15 is 0 Å². The molecule has 1 aromatic carbocycles. The van der Waals surface area contributed by atoms with Crippen LogP contribution in [-0.4, -0.2) is 24.1 Å². The number of benzene rings is 1. The number of carbonyl (C=O) groups is 1. The van der Waals surface area contributed by atoms with Crippen LogP contribution in [0.3, 0.4) is 0 Å². The fourth-order valence-corrected chi connectivity index (χ4v) is 2.95. The summed E-state index contributed by atoms with van der Waals surface area (Å²) in [5, 5.41) is 0.162. The number of nitrogens with two attached hydrogens (primary N) is 1. The van der Waals surface area contributed by atoms with Crippen molar-refractivity contribution in [3.05, 3.63) is 58.4 Å². The van der Waals surface area contributed by atoms with Gasteiger partial charge in [-0.1, -0.05) is 41.4 Å². The number of hydrogen-bond donors (Lipinski definition) is 1. The van der Waals surface area contributed by atoms with Gasteiger partial charge in [-0.25, -0.2) is 0 Å². The van der Waals surface area contributed by atoms with Gasteiger partial charge < -0.3 is 15.2 Å². The summed E-state index contributed by atoms with van der Waals surface area (Å²) in [5.74, 6) is 0.208. The van der Waals surface area contributed by atoms with Crippen LogP contribution < -0.4 is 5.73 Å². The fourth-order valence-electron chi connectivity index (χ4n) is 2.75. The highest BCUT2D eigenvalue weighted by Crippen LogP contribution is 2.42. The Labute approximate surface area is 139 Å². The largest absolute Gasteiger partial charge is 0.492 e. The molecule has 0 saturated carbocycles. The standard InChI is InChI=1S/C17H17ClN2O3/c1-3-22-15-12(10-6-4-9(2)5-7-10)13-11(21)8-20-16(18)14(13)23-17(15)19/h4-7,12H,3,8,19H2,1-2H3. The molecule has 0 aliphatic carbocycles. The minimum absolute atomic E-state index is 0.00268. The lowest BCUT2D eigenvalue weighted by atomic mass is 9.83. The average Bonchev–Trinajstić information content (AvgIpc) is 2.53. The molecule has 2 heterocycles. The number of nitrogens with zero attached hydrogens (tertiary/aromatic N) is 1. The Balaban J connectivity index is 2.18. The summed E-state index contributed by atoms with van der Waals surface area (Å²) in [6, 6.07) is 7.87. The second-order valence-electron chi connectivity index (χ2n) is 5.38. The van der Waals surface area contributed by atoms with Crippen LogP contribution in [0.15, 0.2) is 52.2 Å². The van der Waals surface area contributed by atoms with Crippen LogP contribution in [-0.2, 0) is 14.3 Å². The third-order valence-electron chi connectivity index (χ3n) is 3.81. The maximum Gasteiger partial charge on any atom is 0.230 e. The second kappa shape index (κ2) is 6.08. The fraction of sp³-hybridized carbons (Fsp3) is 0.294. The van der Waals surface area contributed by atoms with E-state index in [1.807, 2.05) is 38.1 Å². The minimum atomic E-state index is -0.434. The third-order valence-corrected chi connectivity index (χ3v) is 4.10. The van der Waals surface area contributed by atoms with Gasteiger partial charge in [0.2, 0.25) is 5.88 Å². The van der Waals surface area contributed by atoms with Crippen molar-refractivity contribution >= 4 is 22.6 Å². The van der Waals surface area contributed by atoms with E-state index in [-0.39, 0.29) is 29.1 Å². The molecule has 6 heteroatoms. The molecule has 1 atom stereocenters. The number of Topliss-reactive ketones (excluding diaryl/α,β-unsaturated/α-hetero) is 1. The van der Waals surface area contributed by atoms with Crippen molar-refractivity contribution in [2.75, 3.05) is 13.2 Å². The van der Waals surface area contributed by atoms with E-state index < -0.39 is 5.92 Å². The summed E-state index contributed by atoms with van der Waals surface area (Å²) in [6.07, 6.45) is 0. The van der Waals surface area contributed by atoms with Crippen molar-refractivity contribution in [1.82, 2.24) is 0 Å². The van der Waals surface area contributed by atoms with Crippen LogP contribution in [0, 0.1) is 6.92 Å². The quantitative estimate of drug-likeness (QED) is 0.923. The number of carbonyl (C=O) groups excluding carboxylic acids is 1. The third kappa shape index (κ3) is 2.72. The molecule has 3 rings (SSSR count). The summed E-state index contributed by atoms with van der Waals surface area (Å²) in [4.78, 5) is 16.4. The van der Waals surface area contributed by atoms with E-state index in [2.05, 4.69) is 4.99 Å². The molecule has 2 aliphatic rings.